The molecule has 10 N–H and O–H groups in total. The highest BCUT2D eigenvalue weighted by atomic mass is 16.3. The number of carbonyl (C=O) groups excluding carboxylic acids is 2. The maximum atomic E-state index is 11.6. The van der Waals surface area contributed by atoms with E-state index in [0.29, 0.717) is 26.1 Å². The Bertz CT molecular complexity index is 387. The van der Waals surface area contributed by atoms with Gasteiger partial charge in [-0.25, -0.2) is 0 Å². The second kappa shape index (κ2) is 14.7. The molecule has 0 aromatic rings. The molecule has 0 radical (unpaired) electrons. The van der Waals surface area contributed by atoms with Gasteiger partial charge in [0.2, 0.25) is 12.1 Å². The zero-order valence-corrected chi connectivity index (χ0v) is 14.1. The minimum Gasteiger partial charge on any atom is -0.370 e. The highest BCUT2D eigenvalue weighted by Crippen LogP contribution is 1.92. The van der Waals surface area contributed by atoms with Crippen molar-refractivity contribution in [1.82, 2.24) is 16.0 Å². The highest BCUT2D eigenvalue weighted by Gasteiger charge is 2.16. The van der Waals surface area contributed by atoms with Crippen LogP contribution in [-0.2, 0) is 9.59 Å². The molecule has 0 aliphatic rings. The summed E-state index contributed by atoms with van der Waals surface area (Å²) in [6.07, 6.45) is 1.61. The van der Waals surface area contributed by atoms with Gasteiger partial charge in [-0.2, -0.15) is 0 Å². The van der Waals surface area contributed by atoms with Crippen LogP contribution >= 0.6 is 0 Å². The van der Waals surface area contributed by atoms with Crippen molar-refractivity contribution in [3.63, 3.8) is 0 Å². The largest absolute Gasteiger partial charge is 0.370 e. The number of carbonyl (C=O) groups is 2. The van der Waals surface area contributed by atoms with Gasteiger partial charge in [0, 0.05) is 19.5 Å². The lowest BCUT2D eigenvalue weighted by Crippen LogP contribution is -2.46. The second-order valence-corrected chi connectivity index (χ2v) is 5.27. The van der Waals surface area contributed by atoms with Gasteiger partial charge in [0.15, 0.2) is 5.96 Å². The molecular weight excluding hydrogens is 314 g/mol. The standard InChI is InChI=1S/C14H31N7O3/c15-6-4-8-18-7-1-2-9-19-12(23)13(24)21-11(22)5-3-10-20-14(16)17/h13,18,24H,1-10,15H2,(H,19,23)(H,21,22)(H4,16,17,20). The van der Waals surface area contributed by atoms with Crippen molar-refractivity contribution in [2.45, 2.75) is 38.3 Å². The van der Waals surface area contributed by atoms with E-state index < -0.39 is 18.0 Å². The summed E-state index contributed by atoms with van der Waals surface area (Å²) in [7, 11) is 0. The molecule has 0 saturated carbocycles. The van der Waals surface area contributed by atoms with Gasteiger partial charge in [0.05, 0.1) is 0 Å². The predicted molar refractivity (Wildman–Crippen MR) is 92.8 cm³/mol. The van der Waals surface area contributed by atoms with E-state index in [9.17, 15) is 14.7 Å². The molecule has 0 fully saturated rings. The first-order valence-corrected chi connectivity index (χ1v) is 8.18. The predicted octanol–water partition coefficient (Wildman–Crippen LogP) is -2.69. The molecule has 0 spiro atoms. The zero-order valence-electron chi connectivity index (χ0n) is 14.1. The Hall–Kier alpha value is -1.91. The van der Waals surface area contributed by atoms with E-state index in [1.165, 1.54) is 0 Å². The first-order valence-electron chi connectivity index (χ1n) is 8.18. The zero-order chi connectivity index (χ0) is 18.2. The number of aliphatic hydroxyl groups excluding tert-OH is 1. The molecule has 0 heterocycles. The Balaban J connectivity index is 3.64. The number of rotatable bonds is 14. The van der Waals surface area contributed by atoms with Crippen LogP contribution in [0.2, 0.25) is 0 Å². The molecule has 1 unspecified atom stereocenters. The maximum Gasteiger partial charge on any atom is 0.269 e. The van der Waals surface area contributed by atoms with Crippen LogP contribution in [0.3, 0.4) is 0 Å². The molecule has 0 aliphatic carbocycles. The molecule has 10 heteroatoms. The van der Waals surface area contributed by atoms with Crippen LogP contribution in [0.5, 0.6) is 0 Å². The summed E-state index contributed by atoms with van der Waals surface area (Å²) < 4.78 is 0. The normalized spacial score (nSPS) is 11.6. The van der Waals surface area contributed by atoms with Crippen molar-refractivity contribution >= 4 is 17.8 Å². The van der Waals surface area contributed by atoms with E-state index in [2.05, 4.69) is 20.9 Å². The number of hydrogen-bond acceptors (Lipinski definition) is 6. The minimum atomic E-state index is -1.55. The fourth-order valence-corrected chi connectivity index (χ4v) is 1.77. The average Bonchev–Trinajstić information content (AvgIpc) is 2.53. The number of nitrogens with two attached hydrogens (primary N) is 3. The summed E-state index contributed by atoms with van der Waals surface area (Å²) in [5.74, 6) is -1.10. The quantitative estimate of drug-likeness (QED) is 0.0774. The summed E-state index contributed by atoms with van der Waals surface area (Å²) in [4.78, 5) is 26.9. The fraction of sp³-hybridized carbons (Fsp3) is 0.786. The number of hydrogen-bond donors (Lipinski definition) is 7. The third kappa shape index (κ3) is 13.7. The van der Waals surface area contributed by atoms with Gasteiger partial charge in [0.1, 0.15) is 0 Å². The number of guanidine groups is 1. The van der Waals surface area contributed by atoms with E-state index in [1.54, 1.807) is 0 Å². The third-order valence-electron chi connectivity index (χ3n) is 3.04. The second-order valence-electron chi connectivity index (χ2n) is 5.27. The van der Waals surface area contributed by atoms with Crippen LogP contribution in [0.25, 0.3) is 0 Å². The Labute approximate surface area is 142 Å². The summed E-state index contributed by atoms with van der Waals surface area (Å²) >= 11 is 0. The number of nitrogens with zero attached hydrogens (tertiary/aromatic N) is 1. The Morgan fingerprint density at radius 2 is 1.71 bits per heavy atom. The first kappa shape index (κ1) is 22.1. The molecular formula is C14H31N7O3. The van der Waals surface area contributed by atoms with Gasteiger partial charge in [0.25, 0.3) is 5.91 Å². The molecule has 10 nitrogen and oxygen atoms in total. The van der Waals surface area contributed by atoms with Crippen molar-refractivity contribution in [2.75, 3.05) is 32.7 Å². The molecule has 2 amide bonds. The van der Waals surface area contributed by atoms with E-state index in [-0.39, 0.29) is 12.4 Å². The van der Waals surface area contributed by atoms with Gasteiger partial charge in [-0.15, -0.1) is 0 Å². The van der Waals surface area contributed by atoms with Crippen LogP contribution in [0.4, 0.5) is 0 Å². The molecule has 140 valence electrons. The summed E-state index contributed by atoms with van der Waals surface area (Å²) in [5, 5.41) is 17.6. The van der Waals surface area contributed by atoms with Crippen LogP contribution in [0.15, 0.2) is 4.99 Å². The minimum absolute atomic E-state index is 0.0376. The molecule has 24 heavy (non-hydrogen) atoms. The van der Waals surface area contributed by atoms with Gasteiger partial charge in [-0.1, -0.05) is 0 Å². The first-order chi connectivity index (χ1) is 11.5. The smallest absolute Gasteiger partial charge is 0.269 e. The summed E-state index contributed by atoms with van der Waals surface area (Å²) in [6, 6.07) is 0. The molecule has 0 aliphatic heterocycles. The van der Waals surface area contributed by atoms with Crippen molar-refractivity contribution in [1.29, 1.82) is 0 Å². The van der Waals surface area contributed by atoms with Gasteiger partial charge < -0.3 is 38.3 Å². The molecule has 0 rings (SSSR count). The Morgan fingerprint density at radius 3 is 2.38 bits per heavy atom. The van der Waals surface area contributed by atoms with Crippen LogP contribution < -0.4 is 33.2 Å². The number of aliphatic hydroxyl groups is 1. The van der Waals surface area contributed by atoms with Crippen molar-refractivity contribution in [3.8, 4) is 0 Å². The highest BCUT2D eigenvalue weighted by molar-refractivity contribution is 5.86. The molecule has 0 bridgehead atoms. The number of aliphatic imine (C=N–C) groups is 1. The van der Waals surface area contributed by atoms with Gasteiger partial charge in [-0.05, 0) is 45.3 Å². The van der Waals surface area contributed by atoms with Crippen molar-refractivity contribution < 1.29 is 14.7 Å². The van der Waals surface area contributed by atoms with Gasteiger partial charge in [-0.3, -0.25) is 14.6 Å². The fourth-order valence-electron chi connectivity index (χ4n) is 1.77. The lowest BCUT2D eigenvalue weighted by Gasteiger charge is -2.13. The van der Waals surface area contributed by atoms with E-state index in [1.807, 2.05) is 0 Å². The maximum absolute atomic E-state index is 11.6. The van der Waals surface area contributed by atoms with E-state index >= 15 is 0 Å². The number of unbranched alkanes of at least 4 members (excludes halogenated alkanes) is 1. The monoisotopic (exact) mass is 345 g/mol. The number of nitrogens with one attached hydrogen (secondary N) is 3. The number of amides is 2. The molecule has 0 aromatic heterocycles. The van der Waals surface area contributed by atoms with Crippen molar-refractivity contribution in [3.05, 3.63) is 0 Å². The van der Waals surface area contributed by atoms with Crippen molar-refractivity contribution in [2.24, 2.45) is 22.2 Å². The third-order valence-corrected chi connectivity index (χ3v) is 3.04. The van der Waals surface area contributed by atoms with Crippen LogP contribution in [0.1, 0.15) is 32.1 Å². The lowest BCUT2D eigenvalue weighted by atomic mass is 10.3. The van der Waals surface area contributed by atoms with E-state index in [4.69, 9.17) is 17.2 Å². The summed E-state index contributed by atoms with van der Waals surface area (Å²) in [5.41, 5.74) is 15.7. The lowest BCUT2D eigenvalue weighted by molar-refractivity contribution is -0.136. The molecule has 1 atom stereocenters. The Morgan fingerprint density at radius 1 is 1.04 bits per heavy atom. The van der Waals surface area contributed by atoms with Crippen LogP contribution in [0, 0.1) is 0 Å². The summed E-state index contributed by atoms with van der Waals surface area (Å²) in [6.45, 7) is 3.16. The van der Waals surface area contributed by atoms with Gasteiger partial charge >= 0.3 is 0 Å². The average molecular weight is 345 g/mol. The van der Waals surface area contributed by atoms with E-state index in [0.717, 1.165) is 32.4 Å². The van der Waals surface area contributed by atoms with Crippen LogP contribution in [-0.4, -0.2) is 61.8 Å². The molecule has 0 saturated heterocycles. The topological polar surface area (TPSA) is 181 Å². The molecule has 0 aromatic carbocycles. The Kier molecular flexibility index (Phi) is 13.5. The SMILES string of the molecule is NCCCNCCCCNC(=O)C(O)NC(=O)CCCN=C(N)N.